The predicted molar refractivity (Wildman–Crippen MR) is 92.9 cm³/mol. The highest BCUT2D eigenvalue weighted by atomic mass is 15.3. The van der Waals surface area contributed by atoms with Crippen molar-refractivity contribution < 1.29 is 0 Å². The molecule has 1 aromatic rings. The summed E-state index contributed by atoms with van der Waals surface area (Å²) in [6.07, 6.45) is 13.3. The van der Waals surface area contributed by atoms with E-state index in [-0.39, 0.29) is 5.54 Å². The second-order valence-corrected chi connectivity index (χ2v) is 6.96. The average Bonchev–Trinajstić information content (AvgIpc) is 2.78. The maximum absolute atomic E-state index is 4.79. The number of rotatable bonds is 11. The van der Waals surface area contributed by atoms with Gasteiger partial charge in [-0.05, 0) is 39.7 Å². The molecule has 0 aliphatic heterocycles. The fraction of sp³-hybridized carbons (Fsp3) is 0.842. The minimum Gasteiger partial charge on any atom is -0.264 e. The van der Waals surface area contributed by atoms with Gasteiger partial charge in [0, 0.05) is 5.69 Å². The summed E-state index contributed by atoms with van der Waals surface area (Å²) in [5, 5.41) is 4.79. The molecule has 0 aromatic carbocycles. The second kappa shape index (κ2) is 9.27. The van der Waals surface area contributed by atoms with E-state index in [1.165, 1.54) is 69.9 Å². The summed E-state index contributed by atoms with van der Waals surface area (Å²) >= 11 is 0. The van der Waals surface area contributed by atoms with E-state index in [1.54, 1.807) is 0 Å². The van der Waals surface area contributed by atoms with E-state index in [4.69, 9.17) is 5.10 Å². The van der Waals surface area contributed by atoms with Crippen molar-refractivity contribution in [3.05, 3.63) is 17.5 Å². The van der Waals surface area contributed by atoms with Crippen LogP contribution in [-0.2, 0) is 5.54 Å². The normalized spacial score (nSPS) is 14.3. The maximum Gasteiger partial charge on any atom is 0.0602 e. The Morgan fingerprint density at radius 1 is 0.905 bits per heavy atom. The summed E-state index contributed by atoms with van der Waals surface area (Å²) in [4.78, 5) is 0. The van der Waals surface area contributed by atoms with Crippen LogP contribution in [0, 0.1) is 13.8 Å². The molecular weight excluding hydrogens is 256 g/mol. The van der Waals surface area contributed by atoms with Crippen LogP contribution >= 0.6 is 0 Å². The van der Waals surface area contributed by atoms with E-state index in [2.05, 4.69) is 45.4 Å². The number of hydrogen-bond acceptors (Lipinski definition) is 1. The molecule has 0 saturated carbocycles. The van der Waals surface area contributed by atoms with Gasteiger partial charge in [0.1, 0.15) is 0 Å². The van der Waals surface area contributed by atoms with Crippen molar-refractivity contribution in [3.8, 4) is 0 Å². The molecule has 0 N–H and O–H groups in total. The summed E-state index contributed by atoms with van der Waals surface area (Å²) in [6.45, 7) is 11.3. The summed E-state index contributed by atoms with van der Waals surface area (Å²) in [5.74, 6) is 0. The summed E-state index contributed by atoms with van der Waals surface area (Å²) in [7, 11) is 0. The van der Waals surface area contributed by atoms with Crippen molar-refractivity contribution in [1.29, 1.82) is 0 Å². The lowest BCUT2D eigenvalue weighted by Crippen LogP contribution is -2.32. The van der Waals surface area contributed by atoms with Crippen LogP contribution in [0.1, 0.15) is 96.4 Å². The predicted octanol–water partition coefficient (Wildman–Crippen LogP) is 6.16. The molecule has 1 rings (SSSR count). The number of unbranched alkanes of at least 4 members (excludes halogenated alkanes) is 6. The van der Waals surface area contributed by atoms with Gasteiger partial charge in [0.2, 0.25) is 0 Å². The van der Waals surface area contributed by atoms with E-state index in [0.717, 1.165) is 5.69 Å². The molecule has 122 valence electrons. The molecule has 1 heterocycles. The van der Waals surface area contributed by atoms with Crippen molar-refractivity contribution >= 4 is 0 Å². The first-order valence-corrected chi connectivity index (χ1v) is 9.07. The quantitative estimate of drug-likeness (QED) is 0.447. The van der Waals surface area contributed by atoms with Crippen LogP contribution in [0.25, 0.3) is 0 Å². The Morgan fingerprint density at radius 3 is 1.95 bits per heavy atom. The zero-order chi connectivity index (χ0) is 15.7. The van der Waals surface area contributed by atoms with E-state index < -0.39 is 0 Å². The number of hydrogen-bond donors (Lipinski definition) is 0. The third-order valence-electron chi connectivity index (χ3n) is 4.66. The molecule has 0 bridgehead atoms. The monoisotopic (exact) mass is 292 g/mol. The fourth-order valence-electron chi connectivity index (χ4n) is 3.38. The van der Waals surface area contributed by atoms with Gasteiger partial charge < -0.3 is 0 Å². The van der Waals surface area contributed by atoms with Crippen LogP contribution < -0.4 is 0 Å². The molecule has 0 saturated heterocycles. The molecule has 2 heteroatoms. The third-order valence-corrected chi connectivity index (χ3v) is 4.66. The Kier molecular flexibility index (Phi) is 8.06. The van der Waals surface area contributed by atoms with Crippen LogP contribution in [0.4, 0.5) is 0 Å². The zero-order valence-corrected chi connectivity index (χ0v) is 15.0. The van der Waals surface area contributed by atoms with Gasteiger partial charge in [0.25, 0.3) is 0 Å². The largest absolute Gasteiger partial charge is 0.264 e. The summed E-state index contributed by atoms with van der Waals surface area (Å²) in [5.41, 5.74) is 2.68. The van der Waals surface area contributed by atoms with Gasteiger partial charge in [-0.1, -0.05) is 65.2 Å². The minimum absolute atomic E-state index is 0.208. The van der Waals surface area contributed by atoms with E-state index in [0.29, 0.717) is 0 Å². The topological polar surface area (TPSA) is 17.8 Å². The van der Waals surface area contributed by atoms with E-state index in [1.807, 2.05) is 0 Å². The highest BCUT2D eigenvalue weighted by Gasteiger charge is 2.27. The Morgan fingerprint density at radius 2 is 1.43 bits per heavy atom. The van der Waals surface area contributed by atoms with Crippen molar-refractivity contribution in [2.75, 3.05) is 0 Å². The summed E-state index contributed by atoms with van der Waals surface area (Å²) in [6, 6.07) is 2.22. The van der Waals surface area contributed by atoms with E-state index >= 15 is 0 Å². The van der Waals surface area contributed by atoms with Crippen molar-refractivity contribution in [2.24, 2.45) is 0 Å². The van der Waals surface area contributed by atoms with Crippen LogP contribution in [0.3, 0.4) is 0 Å². The molecule has 0 radical (unpaired) electrons. The van der Waals surface area contributed by atoms with Crippen LogP contribution in [0.5, 0.6) is 0 Å². The van der Waals surface area contributed by atoms with E-state index in [9.17, 15) is 0 Å². The van der Waals surface area contributed by atoms with Crippen molar-refractivity contribution in [2.45, 2.75) is 104 Å². The molecule has 0 spiro atoms. The Hall–Kier alpha value is -0.790. The standard InChI is InChI=1S/C19H36N2/c1-6-8-10-11-13-15-19(5,14-12-9-7-2)21-18(4)16-17(3)20-21/h16H,6-15H2,1-5H3. The second-order valence-electron chi connectivity index (χ2n) is 6.96. The number of nitrogens with zero attached hydrogens (tertiary/aromatic N) is 2. The SMILES string of the molecule is CCCCCCCC(C)(CCCCC)n1nc(C)cc1C. The van der Waals surface area contributed by atoms with Gasteiger partial charge >= 0.3 is 0 Å². The average molecular weight is 293 g/mol. The van der Waals surface area contributed by atoms with Crippen LogP contribution in [-0.4, -0.2) is 9.78 Å². The van der Waals surface area contributed by atoms with Gasteiger partial charge in [-0.15, -0.1) is 0 Å². The van der Waals surface area contributed by atoms with Gasteiger partial charge in [-0.25, -0.2) is 0 Å². The molecule has 0 fully saturated rings. The lowest BCUT2D eigenvalue weighted by atomic mass is 9.88. The maximum atomic E-state index is 4.79. The molecule has 0 aliphatic carbocycles. The Bertz CT molecular complexity index is 394. The zero-order valence-electron chi connectivity index (χ0n) is 15.0. The Labute approximate surface area is 132 Å². The van der Waals surface area contributed by atoms with Crippen molar-refractivity contribution in [1.82, 2.24) is 9.78 Å². The lowest BCUT2D eigenvalue weighted by Gasteiger charge is -2.32. The van der Waals surface area contributed by atoms with Gasteiger partial charge in [-0.2, -0.15) is 5.10 Å². The molecule has 1 aromatic heterocycles. The third kappa shape index (κ3) is 5.84. The number of aromatic nitrogens is 2. The molecule has 21 heavy (non-hydrogen) atoms. The van der Waals surface area contributed by atoms with Gasteiger partial charge in [0.05, 0.1) is 11.2 Å². The van der Waals surface area contributed by atoms with Gasteiger partial charge in [-0.3, -0.25) is 4.68 Å². The molecule has 0 amide bonds. The first-order chi connectivity index (χ1) is 10.0. The van der Waals surface area contributed by atoms with Gasteiger partial charge in [0.15, 0.2) is 0 Å². The molecule has 1 atom stereocenters. The lowest BCUT2D eigenvalue weighted by molar-refractivity contribution is 0.222. The number of aryl methyl sites for hydroxylation is 2. The molecule has 2 nitrogen and oxygen atoms in total. The molecular formula is C19H36N2. The summed E-state index contributed by atoms with van der Waals surface area (Å²) < 4.78 is 2.32. The first kappa shape index (κ1) is 18.3. The highest BCUT2D eigenvalue weighted by Crippen LogP contribution is 2.31. The smallest absolute Gasteiger partial charge is 0.0602 e. The fourth-order valence-corrected chi connectivity index (χ4v) is 3.38. The highest BCUT2D eigenvalue weighted by molar-refractivity contribution is 5.09. The van der Waals surface area contributed by atoms with Crippen LogP contribution in [0.2, 0.25) is 0 Å². The minimum atomic E-state index is 0.208. The van der Waals surface area contributed by atoms with Crippen molar-refractivity contribution in [3.63, 3.8) is 0 Å². The first-order valence-electron chi connectivity index (χ1n) is 9.07. The molecule has 0 aliphatic rings. The van der Waals surface area contributed by atoms with Crippen LogP contribution in [0.15, 0.2) is 6.07 Å². The Balaban J connectivity index is 2.67. The molecule has 1 unspecified atom stereocenters.